The monoisotopic (exact) mass is 356 g/mol. The molecule has 1 aliphatic rings. The molecule has 0 bridgehead atoms. The van der Waals surface area contributed by atoms with Crippen LogP contribution in [-0.4, -0.2) is 75.9 Å². The number of rotatable bonds is 11. The first-order chi connectivity index (χ1) is 12.2. The van der Waals surface area contributed by atoms with E-state index in [4.69, 9.17) is 9.47 Å². The number of carbonyl (C=O) groups is 1. The smallest absolute Gasteiger partial charge is 0.221 e. The fourth-order valence-corrected chi connectivity index (χ4v) is 2.73. The van der Waals surface area contributed by atoms with Crippen LogP contribution in [0.15, 0.2) is 4.99 Å². The van der Waals surface area contributed by atoms with Crippen molar-refractivity contribution >= 4 is 11.9 Å². The van der Waals surface area contributed by atoms with E-state index in [1.807, 2.05) is 6.92 Å². The predicted molar refractivity (Wildman–Crippen MR) is 101 cm³/mol. The highest BCUT2D eigenvalue weighted by molar-refractivity contribution is 5.81. The van der Waals surface area contributed by atoms with E-state index in [-0.39, 0.29) is 5.91 Å². The largest absolute Gasteiger partial charge is 0.385 e. The number of likely N-dealkylation sites (tertiary alicyclic amines) is 1. The van der Waals surface area contributed by atoms with Crippen LogP contribution in [0.3, 0.4) is 0 Å². The first-order valence-electron chi connectivity index (χ1n) is 9.61. The molecule has 7 nitrogen and oxygen atoms in total. The lowest BCUT2D eigenvalue weighted by Gasteiger charge is -2.34. The van der Waals surface area contributed by atoms with Gasteiger partial charge < -0.3 is 25.0 Å². The summed E-state index contributed by atoms with van der Waals surface area (Å²) in [4.78, 5) is 18.5. The minimum absolute atomic E-state index is 0.0737. The van der Waals surface area contributed by atoms with E-state index in [1.165, 1.54) is 0 Å². The molecule has 1 aliphatic heterocycles. The molecular formula is C18H36N4O3. The van der Waals surface area contributed by atoms with Crippen molar-refractivity contribution in [3.63, 3.8) is 0 Å². The Kier molecular flexibility index (Phi) is 12.1. The van der Waals surface area contributed by atoms with Crippen LogP contribution in [0, 0.1) is 0 Å². The van der Waals surface area contributed by atoms with Crippen molar-refractivity contribution in [3.8, 4) is 0 Å². The molecule has 0 aliphatic carbocycles. The molecule has 0 spiro atoms. The van der Waals surface area contributed by atoms with Gasteiger partial charge in [0, 0.05) is 52.9 Å². The molecule has 0 atom stereocenters. The minimum atomic E-state index is 0.0737. The van der Waals surface area contributed by atoms with E-state index in [2.05, 4.69) is 27.4 Å². The van der Waals surface area contributed by atoms with Crippen molar-refractivity contribution in [1.82, 2.24) is 15.5 Å². The van der Waals surface area contributed by atoms with Gasteiger partial charge in [0.05, 0.1) is 12.6 Å². The normalized spacial score (nSPS) is 16.1. The van der Waals surface area contributed by atoms with Crippen LogP contribution in [0.5, 0.6) is 0 Å². The molecule has 2 N–H and O–H groups in total. The molecule has 1 heterocycles. The molecule has 1 rings (SSSR count). The van der Waals surface area contributed by atoms with Gasteiger partial charge in [-0.15, -0.1) is 0 Å². The second-order valence-electron chi connectivity index (χ2n) is 6.24. The number of carbonyl (C=O) groups excluding carboxylic acids is 1. The fraction of sp³-hybridized carbons (Fsp3) is 0.889. The molecule has 25 heavy (non-hydrogen) atoms. The van der Waals surface area contributed by atoms with Gasteiger partial charge in [0.1, 0.15) is 0 Å². The Balaban J connectivity index is 2.33. The van der Waals surface area contributed by atoms with Gasteiger partial charge in [-0.3, -0.25) is 9.79 Å². The third kappa shape index (κ3) is 9.65. The summed E-state index contributed by atoms with van der Waals surface area (Å²) in [5.41, 5.74) is 0. The standard InChI is InChI=1S/C18H36N4O3/c1-4-10-20-17(23)7-11-21-18(19-5-2)22-12-8-16(9-13-22)25-15-6-14-24-3/h16H,4-15H2,1-3H3,(H,19,21)(H,20,23). The number of nitrogens with zero attached hydrogens (tertiary/aromatic N) is 2. The van der Waals surface area contributed by atoms with E-state index in [9.17, 15) is 4.79 Å². The zero-order chi connectivity index (χ0) is 18.3. The molecule has 1 saturated heterocycles. The molecule has 146 valence electrons. The zero-order valence-corrected chi connectivity index (χ0v) is 16.2. The number of hydrogen-bond acceptors (Lipinski definition) is 4. The summed E-state index contributed by atoms with van der Waals surface area (Å²) in [7, 11) is 1.72. The molecule has 7 heteroatoms. The first-order valence-corrected chi connectivity index (χ1v) is 9.61. The summed E-state index contributed by atoms with van der Waals surface area (Å²) < 4.78 is 10.9. The number of guanidine groups is 1. The number of methoxy groups -OCH3 is 1. The maximum atomic E-state index is 11.7. The third-order valence-corrected chi connectivity index (χ3v) is 4.10. The number of aliphatic imine (C=N–C) groups is 1. The van der Waals surface area contributed by atoms with Crippen LogP contribution in [0.2, 0.25) is 0 Å². The van der Waals surface area contributed by atoms with Crippen molar-refractivity contribution in [2.24, 2.45) is 4.99 Å². The van der Waals surface area contributed by atoms with Crippen LogP contribution in [-0.2, 0) is 14.3 Å². The molecule has 0 radical (unpaired) electrons. The Morgan fingerprint density at radius 3 is 2.60 bits per heavy atom. The quantitative estimate of drug-likeness (QED) is 0.332. The maximum absolute atomic E-state index is 11.7. The van der Waals surface area contributed by atoms with Crippen LogP contribution < -0.4 is 10.6 Å². The Morgan fingerprint density at radius 1 is 1.20 bits per heavy atom. The van der Waals surface area contributed by atoms with E-state index in [0.29, 0.717) is 19.1 Å². The second kappa shape index (κ2) is 13.9. The summed E-state index contributed by atoms with van der Waals surface area (Å²) in [6.07, 6.45) is 4.69. The molecular weight excluding hydrogens is 320 g/mol. The maximum Gasteiger partial charge on any atom is 0.221 e. The number of hydrogen-bond donors (Lipinski definition) is 2. The summed E-state index contributed by atoms with van der Waals surface area (Å²) in [6.45, 7) is 9.58. The van der Waals surface area contributed by atoms with Gasteiger partial charge in [-0.2, -0.15) is 0 Å². The van der Waals surface area contributed by atoms with E-state index in [0.717, 1.165) is 71.0 Å². The zero-order valence-electron chi connectivity index (χ0n) is 16.2. The van der Waals surface area contributed by atoms with Gasteiger partial charge in [0.15, 0.2) is 5.96 Å². The SMILES string of the molecule is CCCNC(=O)CCN=C(NCC)N1CCC(OCCCOC)CC1. The van der Waals surface area contributed by atoms with Gasteiger partial charge in [-0.1, -0.05) is 6.92 Å². The van der Waals surface area contributed by atoms with Gasteiger partial charge >= 0.3 is 0 Å². The van der Waals surface area contributed by atoms with Gasteiger partial charge in [0.25, 0.3) is 0 Å². The second-order valence-corrected chi connectivity index (χ2v) is 6.24. The van der Waals surface area contributed by atoms with Crippen molar-refractivity contribution < 1.29 is 14.3 Å². The highest BCUT2D eigenvalue weighted by Crippen LogP contribution is 2.14. The van der Waals surface area contributed by atoms with Gasteiger partial charge in [0.2, 0.25) is 5.91 Å². The van der Waals surface area contributed by atoms with Crippen molar-refractivity contribution in [2.75, 3.05) is 53.0 Å². The first kappa shape index (κ1) is 21.7. The number of piperidine rings is 1. The average molecular weight is 357 g/mol. The summed E-state index contributed by atoms with van der Waals surface area (Å²) in [6, 6.07) is 0. The summed E-state index contributed by atoms with van der Waals surface area (Å²) in [5.74, 6) is 0.980. The van der Waals surface area contributed by atoms with Gasteiger partial charge in [-0.25, -0.2) is 0 Å². The summed E-state index contributed by atoms with van der Waals surface area (Å²) in [5, 5.41) is 6.22. The highest BCUT2D eigenvalue weighted by Gasteiger charge is 2.21. The lowest BCUT2D eigenvalue weighted by atomic mass is 10.1. The molecule has 0 saturated carbocycles. The summed E-state index contributed by atoms with van der Waals surface area (Å²) >= 11 is 0. The number of ether oxygens (including phenoxy) is 2. The van der Waals surface area contributed by atoms with Crippen molar-refractivity contribution in [2.45, 2.75) is 52.1 Å². The molecule has 1 amide bonds. The van der Waals surface area contributed by atoms with E-state index in [1.54, 1.807) is 7.11 Å². The number of nitrogens with one attached hydrogen (secondary N) is 2. The fourth-order valence-electron chi connectivity index (χ4n) is 2.73. The molecule has 1 fully saturated rings. The van der Waals surface area contributed by atoms with Gasteiger partial charge in [-0.05, 0) is 32.6 Å². The average Bonchev–Trinajstić information content (AvgIpc) is 2.63. The minimum Gasteiger partial charge on any atom is -0.385 e. The van der Waals surface area contributed by atoms with Crippen molar-refractivity contribution in [3.05, 3.63) is 0 Å². The topological polar surface area (TPSA) is 75.2 Å². The lowest BCUT2D eigenvalue weighted by molar-refractivity contribution is -0.120. The van der Waals surface area contributed by atoms with Crippen LogP contribution in [0.1, 0.15) is 46.0 Å². The number of amides is 1. The van der Waals surface area contributed by atoms with E-state index < -0.39 is 0 Å². The Bertz CT molecular complexity index is 383. The van der Waals surface area contributed by atoms with Crippen LogP contribution in [0.4, 0.5) is 0 Å². The Labute approximate surface area is 152 Å². The molecule has 0 aromatic heterocycles. The van der Waals surface area contributed by atoms with E-state index >= 15 is 0 Å². The Morgan fingerprint density at radius 2 is 1.96 bits per heavy atom. The lowest BCUT2D eigenvalue weighted by Crippen LogP contribution is -2.47. The third-order valence-electron chi connectivity index (χ3n) is 4.10. The highest BCUT2D eigenvalue weighted by atomic mass is 16.5. The predicted octanol–water partition coefficient (Wildman–Crippen LogP) is 1.39. The van der Waals surface area contributed by atoms with Crippen LogP contribution >= 0.6 is 0 Å². The van der Waals surface area contributed by atoms with Crippen molar-refractivity contribution in [1.29, 1.82) is 0 Å². The van der Waals surface area contributed by atoms with Crippen LogP contribution in [0.25, 0.3) is 0 Å². The molecule has 0 aromatic rings. The Hall–Kier alpha value is -1.34. The molecule has 0 aromatic carbocycles. The molecule has 0 unspecified atom stereocenters.